The highest BCUT2D eigenvalue weighted by molar-refractivity contribution is 4.81. The minimum atomic E-state index is 0.352. The smallest absolute Gasteiger partial charge is 0.0852 e. The van der Waals surface area contributed by atoms with Crippen molar-refractivity contribution >= 4 is 0 Å². The number of rotatable bonds is 6. The van der Waals surface area contributed by atoms with Gasteiger partial charge in [0.2, 0.25) is 0 Å². The molecule has 1 saturated heterocycles. The van der Waals surface area contributed by atoms with Gasteiger partial charge in [-0.15, -0.1) is 0 Å². The lowest BCUT2D eigenvalue weighted by Crippen LogP contribution is -2.52. The van der Waals surface area contributed by atoms with Gasteiger partial charge in [-0.3, -0.25) is 0 Å². The maximum absolute atomic E-state index is 5.83. The van der Waals surface area contributed by atoms with Crippen molar-refractivity contribution in [2.24, 2.45) is 0 Å². The fourth-order valence-corrected chi connectivity index (χ4v) is 2.35. The van der Waals surface area contributed by atoms with Gasteiger partial charge in [0.05, 0.1) is 12.7 Å². The molecular formula is C13H28N2O. The molecule has 0 aromatic rings. The molecule has 0 saturated carbocycles. The van der Waals surface area contributed by atoms with Gasteiger partial charge in [0.1, 0.15) is 0 Å². The first-order valence-corrected chi connectivity index (χ1v) is 6.73. The molecule has 0 aromatic carbocycles. The lowest BCUT2D eigenvalue weighted by atomic mass is 10.1. The lowest BCUT2D eigenvalue weighted by Gasteiger charge is -2.35. The van der Waals surface area contributed by atoms with Gasteiger partial charge in [-0.25, -0.2) is 0 Å². The monoisotopic (exact) mass is 228 g/mol. The van der Waals surface area contributed by atoms with E-state index in [-0.39, 0.29) is 0 Å². The molecule has 3 nitrogen and oxygen atoms in total. The average Bonchev–Trinajstić information content (AvgIpc) is 2.28. The molecule has 3 heteroatoms. The molecule has 1 fully saturated rings. The minimum Gasteiger partial charge on any atom is -0.374 e. The molecule has 96 valence electrons. The molecule has 0 bridgehead atoms. The van der Waals surface area contributed by atoms with Crippen molar-refractivity contribution in [2.75, 3.05) is 26.7 Å². The van der Waals surface area contributed by atoms with Crippen LogP contribution in [0.4, 0.5) is 0 Å². The van der Waals surface area contributed by atoms with Gasteiger partial charge in [-0.1, -0.05) is 20.3 Å². The average molecular weight is 228 g/mol. The zero-order chi connectivity index (χ0) is 12.0. The molecule has 1 N–H and O–H groups in total. The van der Waals surface area contributed by atoms with Crippen LogP contribution in [0.1, 0.15) is 40.0 Å². The highest BCUT2D eigenvalue weighted by Crippen LogP contribution is 2.10. The van der Waals surface area contributed by atoms with Gasteiger partial charge in [-0.05, 0) is 26.8 Å². The van der Waals surface area contributed by atoms with Crippen LogP contribution in [-0.2, 0) is 4.74 Å². The van der Waals surface area contributed by atoms with E-state index in [9.17, 15) is 0 Å². The van der Waals surface area contributed by atoms with E-state index in [0.29, 0.717) is 18.2 Å². The van der Waals surface area contributed by atoms with Crippen molar-refractivity contribution in [1.29, 1.82) is 0 Å². The molecule has 3 atom stereocenters. The molecule has 0 amide bonds. The van der Waals surface area contributed by atoms with Crippen LogP contribution in [0.3, 0.4) is 0 Å². The molecular weight excluding hydrogens is 200 g/mol. The fraction of sp³-hybridized carbons (Fsp3) is 1.00. The van der Waals surface area contributed by atoms with Crippen molar-refractivity contribution in [3.8, 4) is 0 Å². The van der Waals surface area contributed by atoms with E-state index in [1.54, 1.807) is 0 Å². The zero-order valence-corrected chi connectivity index (χ0v) is 11.3. The van der Waals surface area contributed by atoms with E-state index in [1.165, 1.54) is 19.3 Å². The third-order valence-electron chi connectivity index (χ3n) is 3.48. The Kier molecular flexibility index (Phi) is 6.32. The predicted octanol–water partition coefficient (Wildman–Crippen LogP) is 1.87. The van der Waals surface area contributed by atoms with Crippen LogP contribution in [-0.4, -0.2) is 49.8 Å². The summed E-state index contributed by atoms with van der Waals surface area (Å²) in [6, 6.07) is 1.11. The van der Waals surface area contributed by atoms with Gasteiger partial charge < -0.3 is 15.0 Å². The Labute approximate surface area is 101 Å². The number of hydrogen-bond acceptors (Lipinski definition) is 3. The molecule has 16 heavy (non-hydrogen) atoms. The summed E-state index contributed by atoms with van der Waals surface area (Å²) < 4.78 is 5.83. The fourth-order valence-electron chi connectivity index (χ4n) is 2.35. The second-order valence-electron chi connectivity index (χ2n) is 5.02. The maximum atomic E-state index is 5.83. The number of ether oxygens (including phenoxy) is 1. The Balaban J connectivity index is 2.34. The van der Waals surface area contributed by atoms with Gasteiger partial charge in [-0.2, -0.15) is 0 Å². The van der Waals surface area contributed by atoms with Gasteiger partial charge in [0, 0.05) is 25.2 Å². The molecule has 3 unspecified atom stereocenters. The topological polar surface area (TPSA) is 24.5 Å². The summed E-state index contributed by atoms with van der Waals surface area (Å²) in [5.41, 5.74) is 0. The summed E-state index contributed by atoms with van der Waals surface area (Å²) in [6.45, 7) is 9.75. The lowest BCUT2D eigenvalue weighted by molar-refractivity contribution is -0.0373. The predicted molar refractivity (Wildman–Crippen MR) is 68.8 cm³/mol. The molecule has 0 spiro atoms. The Hall–Kier alpha value is -0.120. The van der Waals surface area contributed by atoms with Crippen molar-refractivity contribution in [3.63, 3.8) is 0 Å². The van der Waals surface area contributed by atoms with E-state index < -0.39 is 0 Å². The summed E-state index contributed by atoms with van der Waals surface area (Å²) in [7, 11) is 2.17. The first kappa shape index (κ1) is 13.9. The van der Waals surface area contributed by atoms with Crippen molar-refractivity contribution in [1.82, 2.24) is 10.2 Å². The summed E-state index contributed by atoms with van der Waals surface area (Å²) in [5.74, 6) is 0. The van der Waals surface area contributed by atoms with E-state index >= 15 is 0 Å². The minimum absolute atomic E-state index is 0.352. The van der Waals surface area contributed by atoms with Gasteiger partial charge >= 0.3 is 0 Å². The largest absolute Gasteiger partial charge is 0.374 e. The van der Waals surface area contributed by atoms with Gasteiger partial charge in [0.15, 0.2) is 0 Å². The first-order valence-electron chi connectivity index (χ1n) is 6.73. The van der Waals surface area contributed by atoms with Gasteiger partial charge in [0.25, 0.3) is 0 Å². The standard InChI is InChI=1S/C13H28N2O/c1-5-7-12(6-2)14-11(3)13-10-15(4)8-9-16-13/h11-14H,5-10H2,1-4H3. The van der Waals surface area contributed by atoms with E-state index in [4.69, 9.17) is 4.74 Å². The van der Waals surface area contributed by atoms with Crippen LogP contribution >= 0.6 is 0 Å². The maximum Gasteiger partial charge on any atom is 0.0852 e. The first-order chi connectivity index (χ1) is 7.67. The second-order valence-corrected chi connectivity index (χ2v) is 5.02. The molecule has 1 heterocycles. The van der Waals surface area contributed by atoms with Crippen LogP contribution in [0.25, 0.3) is 0 Å². The molecule has 1 aliphatic heterocycles. The highest BCUT2D eigenvalue weighted by Gasteiger charge is 2.24. The Morgan fingerprint density at radius 2 is 2.19 bits per heavy atom. The normalized spacial score (nSPS) is 26.6. The van der Waals surface area contributed by atoms with Crippen LogP contribution in [0.5, 0.6) is 0 Å². The Morgan fingerprint density at radius 1 is 1.44 bits per heavy atom. The quantitative estimate of drug-likeness (QED) is 0.751. The number of nitrogens with one attached hydrogen (secondary N) is 1. The molecule has 1 aliphatic rings. The molecule has 0 aromatic heterocycles. The van der Waals surface area contributed by atoms with E-state index in [0.717, 1.165) is 19.7 Å². The number of likely N-dealkylation sites (N-methyl/N-ethyl adjacent to an activating group) is 1. The third-order valence-corrected chi connectivity index (χ3v) is 3.48. The Morgan fingerprint density at radius 3 is 2.75 bits per heavy atom. The number of morpholine rings is 1. The van der Waals surface area contributed by atoms with Crippen LogP contribution in [0.2, 0.25) is 0 Å². The number of nitrogens with zero attached hydrogens (tertiary/aromatic N) is 1. The summed E-state index contributed by atoms with van der Waals surface area (Å²) >= 11 is 0. The van der Waals surface area contributed by atoms with Crippen LogP contribution in [0.15, 0.2) is 0 Å². The molecule has 0 aliphatic carbocycles. The zero-order valence-electron chi connectivity index (χ0n) is 11.3. The second kappa shape index (κ2) is 7.25. The van der Waals surface area contributed by atoms with E-state index in [1.807, 2.05) is 0 Å². The number of hydrogen-bond donors (Lipinski definition) is 1. The SMILES string of the molecule is CCCC(CC)NC(C)C1CN(C)CCO1. The van der Waals surface area contributed by atoms with Crippen LogP contribution < -0.4 is 5.32 Å². The summed E-state index contributed by atoms with van der Waals surface area (Å²) in [4.78, 5) is 2.35. The van der Waals surface area contributed by atoms with Crippen LogP contribution in [0, 0.1) is 0 Å². The van der Waals surface area contributed by atoms with E-state index in [2.05, 4.69) is 38.0 Å². The third kappa shape index (κ3) is 4.40. The molecule has 1 rings (SSSR count). The highest BCUT2D eigenvalue weighted by atomic mass is 16.5. The van der Waals surface area contributed by atoms with Crippen molar-refractivity contribution in [2.45, 2.75) is 58.2 Å². The molecule has 0 radical (unpaired) electrons. The summed E-state index contributed by atoms with van der Waals surface area (Å²) in [6.07, 6.45) is 4.08. The van der Waals surface area contributed by atoms with Crippen molar-refractivity contribution in [3.05, 3.63) is 0 Å². The summed E-state index contributed by atoms with van der Waals surface area (Å²) in [5, 5.41) is 3.71. The van der Waals surface area contributed by atoms with Crippen molar-refractivity contribution < 1.29 is 4.74 Å². The Bertz CT molecular complexity index is 187.